The molecule has 11 heteroatoms. The van der Waals surface area contributed by atoms with Gasteiger partial charge in [-0.25, -0.2) is 0 Å². The Morgan fingerprint density at radius 1 is 1.10 bits per heavy atom. The molecule has 5 rings (SSSR count). The van der Waals surface area contributed by atoms with Crippen LogP contribution in [-0.4, -0.2) is 48.3 Å². The van der Waals surface area contributed by atoms with E-state index in [9.17, 15) is 4.79 Å². The third kappa shape index (κ3) is 4.10. The van der Waals surface area contributed by atoms with Gasteiger partial charge in [-0.05, 0) is 37.1 Å². The molecular weight excluding hydrogens is 454 g/mol. The number of thioether (sulfide) groups is 1. The summed E-state index contributed by atoms with van der Waals surface area (Å²) in [7, 11) is 0. The summed E-state index contributed by atoms with van der Waals surface area (Å²) in [5, 5.41) is 13.0. The quantitative estimate of drug-likeness (QED) is 0.420. The van der Waals surface area contributed by atoms with Crippen LogP contribution in [0.1, 0.15) is 12.8 Å². The number of hydrogen-bond acceptors (Lipinski definition) is 8. The predicted octanol–water partition coefficient (Wildman–Crippen LogP) is 4.26. The van der Waals surface area contributed by atoms with E-state index in [0.717, 1.165) is 54.8 Å². The first-order valence-electron chi connectivity index (χ1n) is 9.80. The van der Waals surface area contributed by atoms with Crippen molar-refractivity contribution in [2.24, 2.45) is 0 Å². The predicted molar refractivity (Wildman–Crippen MR) is 125 cm³/mol. The van der Waals surface area contributed by atoms with E-state index >= 15 is 0 Å². The molecule has 0 saturated carbocycles. The van der Waals surface area contributed by atoms with E-state index in [4.69, 9.17) is 11.6 Å². The lowest BCUT2D eigenvalue weighted by atomic mass is 10.2. The Morgan fingerprint density at radius 3 is 2.77 bits per heavy atom. The van der Waals surface area contributed by atoms with Crippen molar-refractivity contribution in [3.63, 3.8) is 0 Å². The van der Waals surface area contributed by atoms with Crippen molar-refractivity contribution in [3.8, 4) is 5.69 Å². The molecule has 0 bridgehead atoms. The van der Waals surface area contributed by atoms with Crippen LogP contribution in [0.3, 0.4) is 0 Å². The highest BCUT2D eigenvalue weighted by atomic mass is 35.5. The van der Waals surface area contributed by atoms with Crippen molar-refractivity contribution >= 4 is 63.7 Å². The van der Waals surface area contributed by atoms with Gasteiger partial charge in [-0.1, -0.05) is 41.6 Å². The number of carbonyl (C=O) groups is 1. The second kappa shape index (κ2) is 8.81. The smallest absolute Gasteiger partial charge is 0.234 e. The van der Waals surface area contributed by atoms with Crippen LogP contribution in [0.2, 0.25) is 5.02 Å². The Bertz CT molecular complexity index is 1240. The molecule has 8 nitrogen and oxygen atoms in total. The first kappa shape index (κ1) is 20.2. The molecule has 1 N–H and O–H groups in total. The molecule has 0 unspecified atom stereocenters. The second-order valence-electron chi connectivity index (χ2n) is 7.04. The average Bonchev–Trinajstić information content (AvgIpc) is 3.52. The number of nitrogens with one attached hydrogen (secondary N) is 1. The number of amides is 1. The van der Waals surface area contributed by atoms with Gasteiger partial charge in [0.2, 0.25) is 11.9 Å². The molecule has 4 aromatic rings. The highest BCUT2D eigenvalue weighted by molar-refractivity contribution is 7.99. The molecule has 0 radical (unpaired) electrons. The molecule has 1 saturated heterocycles. The van der Waals surface area contributed by atoms with Crippen LogP contribution in [0, 0.1) is 0 Å². The Morgan fingerprint density at radius 2 is 1.94 bits per heavy atom. The van der Waals surface area contributed by atoms with Crippen LogP contribution in [0.25, 0.3) is 16.7 Å². The van der Waals surface area contributed by atoms with E-state index in [2.05, 4.69) is 29.2 Å². The number of carbonyl (C=O) groups excluding carboxylic acids is 1. The molecule has 0 aliphatic carbocycles. The van der Waals surface area contributed by atoms with Gasteiger partial charge >= 0.3 is 0 Å². The van der Waals surface area contributed by atoms with Gasteiger partial charge < -0.3 is 10.2 Å². The zero-order valence-corrected chi connectivity index (χ0v) is 18.8. The van der Waals surface area contributed by atoms with Crippen molar-refractivity contribution in [1.82, 2.24) is 23.5 Å². The van der Waals surface area contributed by atoms with Crippen LogP contribution >= 0.6 is 35.1 Å². The van der Waals surface area contributed by atoms with Gasteiger partial charge in [0.25, 0.3) is 0 Å². The van der Waals surface area contributed by atoms with Gasteiger partial charge in [0.1, 0.15) is 11.0 Å². The van der Waals surface area contributed by atoms with Crippen molar-refractivity contribution in [1.29, 1.82) is 0 Å². The maximum absolute atomic E-state index is 12.7. The van der Waals surface area contributed by atoms with E-state index in [1.54, 1.807) is 0 Å². The Labute approximate surface area is 191 Å². The van der Waals surface area contributed by atoms with Crippen molar-refractivity contribution < 1.29 is 4.79 Å². The summed E-state index contributed by atoms with van der Waals surface area (Å²) < 4.78 is 10.4. The highest BCUT2D eigenvalue weighted by Gasteiger charge is 2.24. The lowest BCUT2D eigenvalue weighted by Crippen LogP contribution is -2.22. The van der Waals surface area contributed by atoms with Crippen LogP contribution in [-0.2, 0) is 4.79 Å². The molecule has 2 aromatic heterocycles. The van der Waals surface area contributed by atoms with E-state index < -0.39 is 0 Å². The molecule has 31 heavy (non-hydrogen) atoms. The molecule has 158 valence electrons. The first-order chi connectivity index (χ1) is 15.2. The van der Waals surface area contributed by atoms with Gasteiger partial charge in [0, 0.05) is 13.1 Å². The summed E-state index contributed by atoms with van der Waals surface area (Å²) in [5.41, 5.74) is 2.92. The van der Waals surface area contributed by atoms with E-state index in [0.29, 0.717) is 21.4 Å². The largest absolute Gasteiger partial charge is 0.341 e. The van der Waals surface area contributed by atoms with Crippen LogP contribution in [0.5, 0.6) is 0 Å². The molecule has 1 fully saturated rings. The minimum Gasteiger partial charge on any atom is -0.341 e. The van der Waals surface area contributed by atoms with Gasteiger partial charge in [-0.15, -0.1) is 10.2 Å². The fourth-order valence-electron chi connectivity index (χ4n) is 3.54. The maximum atomic E-state index is 12.7. The molecule has 0 atom stereocenters. The number of benzene rings is 2. The summed E-state index contributed by atoms with van der Waals surface area (Å²) in [6.07, 6.45) is 2.24. The average molecular weight is 472 g/mol. The number of halogens is 1. The zero-order chi connectivity index (χ0) is 21.2. The third-order valence-electron chi connectivity index (χ3n) is 4.99. The van der Waals surface area contributed by atoms with Gasteiger partial charge in [0.15, 0.2) is 5.16 Å². The summed E-state index contributed by atoms with van der Waals surface area (Å²) >= 11 is 8.93. The van der Waals surface area contributed by atoms with E-state index in [1.165, 1.54) is 11.8 Å². The number of hydrogen-bond donors (Lipinski definition) is 1. The second-order valence-corrected chi connectivity index (χ2v) is 8.92. The fourth-order valence-corrected chi connectivity index (χ4v) is 5.05. The molecule has 1 aliphatic heterocycles. The van der Waals surface area contributed by atoms with E-state index in [1.807, 2.05) is 47.0 Å². The number of para-hydroxylation sites is 1. The van der Waals surface area contributed by atoms with Crippen LogP contribution in [0.15, 0.2) is 47.6 Å². The SMILES string of the molecule is O=C(CSc1nnc(N2CCCC2)n1-c1ccccc1Cl)Nc1cccc2nsnc12. The lowest BCUT2D eigenvalue weighted by Gasteiger charge is -2.19. The fraction of sp³-hybridized carbons (Fsp3) is 0.250. The molecule has 3 heterocycles. The van der Waals surface area contributed by atoms with Crippen molar-refractivity contribution in [2.45, 2.75) is 18.0 Å². The van der Waals surface area contributed by atoms with Gasteiger partial charge in [0.05, 0.1) is 33.9 Å². The summed E-state index contributed by atoms with van der Waals surface area (Å²) in [6.45, 7) is 1.86. The highest BCUT2D eigenvalue weighted by Crippen LogP contribution is 2.32. The molecule has 1 amide bonds. The first-order valence-corrected chi connectivity index (χ1v) is 11.9. The normalized spacial score (nSPS) is 13.8. The summed E-state index contributed by atoms with van der Waals surface area (Å²) in [6, 6.07) is 13.1. The number of fused-ring (bicyclic) bond motifs is 1. The summed E-state index contributed by atoms with van der Waals surface area (Å²) in [4.78, 5) is 14.9. The monoisotopic (exact) mass is 471 g/mol. The Hall–Kier alpha value is -2.69. The number of anilines is 2. The lowest BCUT2D eigenvalue weighted by molar-refractivity contribution is -0.113. The number of rotatable bonds is 6. The Kier molecular flexibility index (Phi) is 5.75. The number of nitrogens with zero attached hydrogens (tertiary/aromatic N) is 6. The van der Waals surface area contributed by atoms with Crippen molar-refractivity contribution in [2.75, 3.05) is 29.1 Å². The minimum absolute atomic E-state index is 0.151. The van der Waals surface area contributed by atoms with Crippen LogP contribution < -0.4 is 10.2 Å². The molecule has 0 spiro atoms. The van der Waals surface area contributed by atoms with Crippen LogP contribution in [0.4, 0.5) is 11.6 Å². The zero-order valence-electron chi connectivity index (χ0n) is 16.4. The maximum Gasteiger partial charge on any atom is 0.234 e. The molecule has 2 aromatic carbocycles. The van der Waals surface area contributed by atoms with Gasteiger partial charge in [-0.3, -0.25) is 9.36 Å². The summed E-state index contributed by atoms with van der Waals surface area (Å²) in [5.74, 6) is 0.782. The molecule has 1 aliphatic rings. The standard InChI is InChI=1S/C20H18ClN7OS2/c21-13-6-1-2-9-16(13)28-19(27-10-3-4-11-27)23-24-20(28)30-12-17(29)22-14-7-5-8-15-18(14)26-31-25-15/h1-2,5-9H,3-4,10-12H2,(H,22,29). The third-order valence-corrected chi connectivity index (χ3v) is 6.78. The van der Waals surface area contributed by atoms with E-state index in [-0.39, 0.29) is 11.7 Å². The number of aromatic nitrogens is 5. The van der Waals surface area contributed by atoms with Gasteiger partial charge in [-0.2, -0.15) is 8.75 Å². The minimum atomic E-state index is -0.151. The Balaban J connectivity index is 1.38. The topological polar surface area (TPSA) is 88.8 Å². The van der Waals surface area contributed by atoms with Crippen molar-refractivity contribution in [3.05, 3.63) is 47.5 Å². The molecular formula is C20H18ClN7OS2.